The Hall–Kier alpha value is -3.57. The minimum absolute atomic E-state index is 0.726. The summed E-state index contributed by atoms with van der Waals surface area (Å²) in [4.78, 5) is 61.8. The first kappa shape index (κ1) is 63.0. The number of aliphatic carboxylic acids is 1. The lowest BCUT2D eigenvalue weighted by atomic mass is 9.88. The topological polar surface area (TPSA) is 531 Å². The number of ether oxygens (including phenoxy) is 8. The van der Waals surface area contributed by atoms with Gasteiger partial charge >= 0.3 is 5.97 Å². The van der Waals surface area contributed by atoms with Gasteiger partial charge in [0.05, 0.1) is 57.8 Å². The molecule has 0 aromatic carbocycles. The van der Waals surface area contributed by atoms with Crippen LogP contribution in [-0.4, -0.2) is 304 Å². The average Bonchev–Trinajstić information content (AvgIpc) is 3.34. The maximum atomic E-state index is 13.0. The summed E-state index contributed by atoms with van der Waals surface area (Å²) in [5, 5.41) is 181. The predicted molar refractivity (Wildman–Crippen MR) is 232 cm³/mol. The molecular formula is C41H70N4O29. The normalized spacial score (nSPS) is 39.1. The van der Waals surface area contributed by atoms with Crippen LogP contribution in [-0.2, 0) is 61.9 Å². The molecule has 25 atom stereocenters. The van der Waals surface area contributed by atoms with Crippen molar-refractivity contribution >= 4 is 29.6 Å². The molecule has 20 N–H and O–H groups in total. The zero-order valence-electron chi connectivity index (χ0n) is 40.3. The van der Waals surface area contributed by atoms with E-state index < -0.39 is 228 Å². The Kier molecular flexibility index (Phi) is 23.5. The molecule has 4 rings (SSSR count). The second kappa shape index (κ2) is 27.7. The summed E-state index contributed by atoms with van der Waals surface area (Å²) in [7, 11) is 0. The molecule has 0 saturated carbocycles. The summed E-state index contributed by atoms with van der Waals surface area (Å²) in [6, 6.07) is -6.71. The summed E-state index contributed by atoms with van der Waals surface area (Å²) in [6.07, 6.45) is -41.6. The van der Waals surface area contributed by atoms with E-state index in [-0.39, 0.29) is 0 Å². The van der Waals surface area contributed by atoms with Crippen LogP contribution in [0.5, 0.6) is 0 Å². The molecule has 33 heteroatoms. The second-order valence-corrected chi connectivity index (χ2v) is 18.1. The first-order valence-electron chi connectivity index (χ1n) is 23.1. The van der Waals surface area contributed by atoms with Crippen molar-refractivity contribution in [3.63, 3.8) is 0 Å². The van der Waals surface area contributed by atoms with Gasteiger partial charge in [-0.05, 0) is 0 Å². The summed E-state index contributed by atoms with van der Waals surface area (Å²) < 4.78 is 45.6. The highest BCUT2D eigenvalue weighted by atomic mass is 16.8. The molecular weight excluding hydrogens is 1010 g/mol. The lowest BCUT2D eigenvalue weighted by Crippen LogP contribution is -2.71. The molecule has 33 nitrogen and oxygen atoms in total. The Labute approximate surface area is 420 Å². The maximum Gasteiger partial charge on any atom is 0.364 e. The van der Waals surface area contributed by atoms with Gasteiger partial charge in [0.25, 0.3) is 5.79 Å². The Morgan fingerprint density at radius 2 is 1.14 bits per heavy atom. The Balaban J connectivity index is 1.64. The fourth-order valence-electron chi connectivity index (χ4n) is 8.85. The van der Waals surface area contributed by atoms with Gasteiger partial charge < -0.3 is 141 Å². The van der Waals surface area contributed by atoms with E-state index in [0.717, 1.165) is 27.7 Å². The van der Waals surface area contributed by atoms with Crippen LogP contribution in [0.1, 0.15) is 34.1 Å². The van der Waals surface area contributed by atoms with Gasteiger partial charge in [0, 0.05) is 34.1 Å². The third kappa shape index (κ3) is 14.9. The molecule has 4 fully saturated rings. The molecule has 0 aliphatic carbocycles. The average molecular weight is 1080 g/mol. The van der Waals surface area contributed by atoms with Gasteiger partial charge in [0.2, 0.25) is 23.6 Å². The number of rotatable bonds is 24. The molecule has 0 aromatic rings. The monoisotopic (exact) mass is 1080 g/mol. The van der Waals surface area contributed by atoms with E-state index in [0.29, 0.717) is 0 Å². The summed E-state index contributed by atoms with van der Waals surface area (Å²) >= 11 is 0. The lowest BCUT2D eigenvalue weighted by molar-refractivity contribution is -0.384. The van der Waals surface area contributed by atoms with Gasteiger partial charge in [-0.3, -0.25) is 19.2 Å². The maximum absolute atomic E-state index is 13.0. The van der Waals surface area contributed by atoms with Crippen LogP contribution in [0.4, 0.5) is 0 Å². The zero-order valence-corrected chi connectivity index (χ0v) is 40.3. The van der Waals surface area contributed by atoms with Crippen molar-refractivity contribution < 1.29 is 144 Å². The predicted octanol–water partition coefficient (Wildman–Crippen LogP) is -12.5. The quantitative estimate of drug-likeness (QED) is 0.0427. The van der Waals surface area contributed by atoms with E-state index in [1.165, 1.54) is 0 Å². The molecule has 0 bridgehead atoms. The molecule has 4 amide bonds. The lowest BCUT2D eigenvalue weighted by Gasteiger charge is -2.51. The van der Waals surface area contributed by atoms with Crippen LogP contribution in [0.3, 0.4) is 0 Å². The highest BCUT2D eigenvalue weighted by Gasteiger charge is 2.60. The summed E-state index contributed by atoms with van der Waals surface area (Å²) in [6.45, 7) is -2.25. The molecule has 4 aliphatic heterocycles. The molecule has 0 radical (unpaired) electrons. The molecule has 0 aromatic heterocycles. The van der Waals surface area contributed by atoms with Gasteiger partial charge in [-0.2, -0.15) is 0 Å². The molecule has 4 heterocycles. The molecule has 74 heavy (non-hydrogen) atoms. The van der Waals surface area contributed by atoms with Gasteiger partial charge in [-0.1, -0.05) is 0 Å². The minimum Gasteiger partial charge on any atom is -0.477 e. The summed E-state index contributed by atoms with van der Waals surface area (Å²) in [5.41, 5.74) is 0. The third-order valence-electron chi connectivity index (χ3n) is 12.5. The number of aliphatic hydroxyl groups is 15. The second-order valence-electron chi connectivity index (χ2n) is 18.1. The number of nitrogens with one attached hydrogen (secondary N) is 4. The van der Waals surface area contributed by atoms with Crippen molar-refractivity contribution in [3.05, 3.63) is 0 Å². The highest BCUT2D eigenvalue weighted by Crippen LogP contribution is 2.39. The van der Waals surface area contributed by atoms with E-state index in [2.05, 4.69) is 21.3 Å². The minimum atomic E-state index is -3.19. The van der Waals surface area contributed by atoms with Crippen LogP contribution in [0.25, 0.3) is 0 Å². The van der Waals surface area contributed by atoms with Crippen LogP contribution in [0.2, 0.25) is 0 Å². The van der Waals surface area contributed by atoms with Crippen LogP contribution in [0.15, 0.2) is 0 Å². The van der Waals surface area contributed by atoms with Crippen molar-refractivity contribution in [1.82, 2.24) is 21.3 Å². The fraction of sp³-hybridized carbons (Fsp3) is 0.878. The van der Waals surface area contributed by atoms with Crippen molar-refractivity contribution in [1.29, 1.82) is 0 Å². The van der Waals surface area contributed by atoms with Crippen molar-refractivity contribution in [2.24, 2.45) is 0 Å². The van der Waals surface area contributed by atoms with Crippen LogP contribution in [0, 0.1) is 0 Å². The number of carboxylic acids is 1. The third-order valence-corrected chi connectivity index (χ3v) is 12.5. The molecule has 4 aliphatic rings. The van der Waals surface area contributed by atoms with Crippen LogP contribution < -0.4 is 21.3 Å². The van der Waals surface area contributed by atoms with E-state index >= 15 is 0 Å². The fourth-order valence-corrected chi connectivity index (χ4v) is 8.85. The Bertz CT molecular complexity index is 1850. The number of hydrogen-bond acceptors (Lipinski definition) is 28. The number of hydrogen-bond donors (Lipinski definition) is 20. The van der Waals surface area contributed by atoms with E-state index in [1.54, 1.807) is 0 Å². The SMILES string of the molecule is CC(=O)N[C@H]1[C@H](O[C@@H]([C@@H](O)[C@H](O)CO[C@@H]2O[C@H](CO)[C@@H](O)[C@H](O)[C@H]2NC(C)=O)[C@H](CO)NC(C)=O)O[C@H](CO)[C@@H](O[C@@H]2O[C@H](CO)[C@H](O)[C@H](O[C@]3(C(=O)O)C[C@H](O)[C@@H](NC(C)=O)[C@H]([C@H](O)[C@H](O)CO)O3)[C@H]2O)[C@@H]1O. The van der Waals surface area contributed by atoms with Gasteiger partial charge in [0.15, 0.2) is 18.9 Å². The Morgan fingerprint density at radius 1 is 0.608 bits per heavy atom. The van der Waals surface area contributed by atoms with Crippen molar-refractivity contribution in [2.45, 2.75) is 187 Å². The first-order chi connectivity index (χ1) is 34.7. The van der Waals surface area contributed by atoms with Crippen molar-refractivity contribution in [3.8, 4) is 0 Å². The summed E-state index contributed by atoms with van der Waals surface area (Å²) in [5.74, 6) is -8.56. The number of aliphatic hydroxyl groups excluding tert-OH is 15. The van der Waals surface area contributed by atoms with E-state index in [4.69, 9.17) is 37.9 Å². The molecule has 0 unspecified atom stereocenters. The van der Waals surface area contributed by atoms with E-state index in [1.807, 2.05) is 0 Å². The highest BCUT2D eigenvalue weighted by molar-refractivity contribution is 5.77. The number of amides is 4. The first-order valence-corrected chi connectivity index (χ1v) is 23.1. The van der Waals surface area contributed by atoms with Gasteiger partial charge in [0.1, 0.15) is 110 Å². The number of carbonyl (C=O) groups excluding carboxylic acids is 4. The van der Waals surface area contributed by atoms with Crippen LogP contribution >= 0.6 is 0 Å². The zero-order chi connectivity index (χ0) is 55.7. The molecule has 0 spiro atoms. The van der Waals surface area contributed by atoms with Crippen molar-refractivity contribution in [2.75, 3.05) is 39.6 Å². The smallest absolute Gasteiger partial charge is 0.364 e. The van der Waals surface area contributed by atoms with Gasteiger partial charge in [-0.25, -0.2) is 4.79 Å². The Morgan fingerprint density at radius 3 is 1.65 bits per heavy atom. The standard InChI is InChI=1S/C41H70N4O29/c1-12(51)42-16(6-46)33(27(59)19(57)11-67-37-24(44-14(3)53)30(62)28(60)20(8-48)68-37)71-38-25(45-15(4)54)31(63)34(22(10-50)70-38)72-39-32(64)36(29(61)21(9-49)69-39)74-41(40(65)66)5-17(55)23(43-13(2)52)35(73-41)26(58)18(56)7-47/h16-39,46-50,55-64H,5-11H2,1-4H3,(H,42,51)(H,43,52)(H,44,53)(H,45,54)(H,65,66)/t16-,17-,18+,19+,20+,21+,22+,23+,24+,25+,26+,27-,28+,29-,30+,31+,32+,33+,34+,35+,36-,37+,38-,39-,41-/m0/s1. The number of carbonyl (C=O) groups is 5. The van der Waals surface area contributed by atoms with Gasteiger partial charge in [-0.15, -0.1) is 0 Å². The van der Waals surface area contributed by atoms with E-state index in [9.17, 15) is 106 Å². The molecule has 4 saturated heterocycles. The largest absolute Gasteiger partial charge is 0.477 e. The molecule has 428 valence electrons. The number of carboxylic acid groups (broad SMARTS) is 1.